The summed E-state index contributed by atoms with van der Waals surface area (Å²) in [4.78, 5) is 0. The Kier molecular flexibility index (Phi) is 4.85. The number of nitrogens with zero attached hydrogens (tertiary/aromatic N) is 1. The maximum atomic E-state index is 9.13. The first-order valence-corrected chi connectivity index (χ1v) is 7.43. The molecule has 1 saturated carbocycles. The van der Waals surface area contributed by atoms with Crippen LogP contribution in [0.3, 0.4) is 0 Å². The average molecular weight is 256 g/mol. The van der Waals surface area contributed by atoms with Crippen molar-refractivity contribution in [2.75, 3.05) is 11.9 Å². The fourth-order valence-corrected chi connectivity index (χ4v) is 2.93. The lowest BCUT2D eigenvalue weighted by molar-refractivity contribution is 0.282. The van der Waals surface area contributed by atoms with Gasteiger partial charge in [0.15, 0.2) is 0 Å². The van der Waals surface area contributed by atoms with Gasteiger partial charge in [-0.2, -0.15) is 5.26 Å². The third-order valence-electron chi connectivity index (χ3n) is 4.30. The maximum absolute atomic E-state index is 9.13. The number of anilines is 1. The molecule has 2 heteroatoms. The molecule has 1 N–H and O–H groups in total. The van der Waals surface area contributed by atoms with Crippen molar-refractivity contribution in [2.24, 2.45) is 11.8 Å². The zero-order valence-corrected chi connectivity index (χ0v) is 12.1. The highest BCUT2D eigenvalue weighted by atomic mass is 14.9. The van der Waals surface area contributed by atoms with Gasteiger partial charge in [0.2, 0.25) is 0 Å². The Hall–Kier alpha value is -1.49. The molecule has 1 fully saturated rings. The second-order valence-electron chi connectivity index (χ2n) is 6.00. The van der Waals surface area contributed by atoms with Crippen LogP contribution < -0.4 is 5.32 Å². The third kappa shape index (κ3) is 3.99. The summed E-state index contributed by atoms with van der Waals surface area (Å²) >= 11 is 0. The summed E-state index contributed by atoms with van der Waals surface area (Å²) in [7, 11) is 0. The Balaban J connectivity index is 1.81. The number of nitrogens with one attached hydrogen (secondary N) is 1. The summed E-state index contributed by atoms with van der Waals surface area (Å²) in [6.45, 7) is 5.37. The normalized spacial score (nSPS) is 22.8. The molecule has 1 aliphatic carbocycles. The van der Waals surface area contributed by atoms with E-state index in [1.165, 1.54) is 32.1 Å². The quantitative estimate of drug-likeness (QED) is 0.861. The van der Waals surface area contributed by atoms with Gasteiger partial charge in [0.05, 0.1) is 11.3 Å². The number of aryl methyl sites for hydroxylation is 1. The van der Waals surface area contributed by atoms with Crippen LogP contribution >= 0.6 is 0 Å². The molecule has 0 atom stereocenters. The van der Waals surface area contributed by atoms with Crippen molar-refractivity contribution >= 4 is 5.69 Å². The van der Waals surface area contributed by atoms with Crippen LogP contribution in [0.5, 0.6) is 0 Å². The molecule has 0 unspecified atom stereocenters. The minimum absolute atomic E-state index is 0.761. The molecule has 0 bridgehead atoms. The van der Waals surface area contributed by atoms with Crippen LogP contribution in [-0.4, -0.2) is 6.54 Å². The van der Waals surface area contributed by atoms with Gasteiger partial charge in [-0.25, -0.2) is 0 Å². The first kappa shape index (κ1) is 13.9. The van der Waals surface area contributed by atoms with Crippen molar-refractivity contribution in [3.8, 4) is 6.07 Å². The van der Waals surface area contributed by atoms with Crippen molar-refractivity contribution in [3.05, 3.63) is 29.3 Å². The van der Waals surface area contributed by atoms with Gasteiger partial charge in [0.25, 0.3) is 0 Å². The van der Waals surface area contributed by atoms with Gasteiger partial charge in [-0.1, -0.05) is 38.7 Å². The van der Waals surface area contributed by atoms with Gasteiger partial charge >= 0.3 is 0 Å². The Morgan fingerprint density at radius 3 is 2.68 bits per heavy atom. The third-order valence-corrected chi connectivity index (χ3v) is 4.30. The zero-order valence-electron chi connectivity index (χ0n) is 12.1. The number of nitriles is 1. The monoisotopic (exact) mass is 256 g/mol. The van der Waals surface area contributed by atoms with Crippen LogP contribution in [0.1, 0.15) is 50.2 Å². The largest absolute Gasteiger partial charge is 0.384 e. The summed E-state index contributed by atoms with van der Waals surface area (Å²) in [6.07, 6.45) is 6.76. The summed E-state index contributed by atoms with van der Waals surface area (Å²) in [5.74, 6) is 1.80. The van der Waals surface area contributed by atoms with Gasteiger partial charge in [-0.3, -0.25) is 0 Å². The molecule has 0 heterocycles. The molecule has 1 aromatic carbocycles. The molecule has 19 heavy (non-hydrogen) atoms. The molecule has 2 nitrogen and oxygen atoms in total. The first-order chi connectivity index (χ1) is 9.19. The van der Waals surface area contributed by atoms with E-state index in [4.69, 9.17) is 5.26 Å². The first-order valence-electron chi connectivity index (χ1n) is 7.43. The number of rotatable bonds is 4. The van der Waals surface area contributed by atoms with E-state index >= 15 is 0 Å². The van der Waals surface area contributed by atoms with Crippen molar-refractivity contribution in [3.63, 3.8) is 0 Å². The van der Waals surface area contributed by atoms with E-state index in [9.17, 15) is 0 Å². The fourth-order valence-electron chi connectivity index (χ4n) is 2.93. The Labute approximate surface area is 116 Å². The second kappa shape index (κ2) is 6.61. The van der Waals surface area contributed by atoms with E-state index in [0.717, 1.165) is 35.2 Å². The molecule has 0 radical (unpaired) electrons. The molecule has 0 saturated heterocycles. The van der Waals surface area contributed by atoms with Gasteiger partial charge in [-0.15, -0.1) is 0 Å². The molecule has 0 aromatic heterocycles. The summed E-state index contributed by atoms with van der Waals surface area (Å²) in [5, 5.41) is 12.6. The van der Waals surface area contributed by atoms with E-state index in [2.05, 4.69) is 24.4 Å². The molecule has 0 spiro atoms. The standard InChI is InChI=1S/C17H24N2/c1-13-3-6-15(7-4-13)9-10-19-17-8-5-14(2)11-16(17)12-18/h5,8,11,13,15,19H,3-4,6-7,9-10H2,1-2H3. The Morgan fingerprint density at radius 2 is 2.00 bits per heavy atom. The number of hydrogen-bond acceptors (Lipinski definition) is 2. The number of benzene rings is 1. The Morgan fingerprint density at radius 1 is 1.26 bits per heavy atom. The van der Waals surface area contributed by atoms with Gasteiger partial charge in [-0.05, 0) is 42.9 Å². The van der Waals surface area contributed by atoms with Crippen molar-refractivity contribution in [1.82, 2.24) is 0 Å². The van der Waals surface area contributed by atoms with Gasteiger partial charge < -0.3 is 5.32 Å². The van der Waals surface area contributed by atoms with E-state index in [0.29, 0.717) is 0 Å². The van der Waals surface area contributed by atoms with Crippen molar-refractivity contribution in [1.29, 1.82) is 5.26 Å². The minimum Gasteiger partial charge on any atom is -0.384 e. The van der Waals surface area contributed by atoms with E-state index in [1.54, 1.807) is 0 Å². The van der Waals surface area contributed by atoms with Crippen LogP contribution in [0.25, 0.3) is 0 Å². The predicted octanol–water partition coefficient (Wildman–Crippen LogP) is 4.50. The van der Waals surface area contributed by atoms with E-state index in [-0.39, 0.29) is 0 Å². The van der Waals surface area contributed by atoms with Crippen LogP contribution in [0.4, 0.5) is 5.69 Å². The molecular weight excluding hydrogens is 232 g/mol. The van der Waals surface area contributed by atoms with Crippen molar-refractivity contribution in [2.45, 2.75) is 46.0 Å². The maximum Gasteiger partial charge on any atom is 0.101 e. The Bertz CT molecular complexity index is 451. The smallest absolute Gasteiger partial charge is 0.101 e. The highest BCUT2D eigenvalue weighted by Crippen LogP contribution is 2.30. The highest BCUT2D eigenvalue weighted by Gasteiger charge is 2.17. The molecule has 2 rings (SSSR count). The number of hydrogen-bond donors (Lipinski definition) is 1. The average Bonchev–Trinajstić information content (AvgIpc) is 2.42. The fraction of sp³-hybridized carbons (Fsp3) is 0.588. The second-order valence-corrected chi connectivity index (χ2v) is 6.00. The molecule has 1 aromatic rings. The zero-order chi connectivity index (χ0) is 13.7. The molecule has 102 valence electrons. The van der Waals surface area contributed by atoms with Crippen LogP contribution in [-0.2, 0) is 0 Å². The van der Waals surface area contributed by atoms with Crippen molar-refractivity contribution < 1.29 is 0 Å². The van der Waals surface area contributed by atoms with Crippen LogP contribution in [0.2, 0.25) is 0 Å². The van der Waals surface area contributed by atoms with Crippen LogP contribution in [0, 0.1) is 30.1 Å². The predicted molar refractivity (Wildman–Crippen MR) is 80.1 cm³/mol. The minimum atomic E-state index is 0.761. The molecule has 0 amide bonds. The summed E-state index contributed by atoms with van der Waals surface area (Å²) in [5.41, 5.74) is 2.89. The molecule has 0 aliphatic heterocycles. The van der Waals surface area contributed by atoms with E-state index in [1.807, 2.05) is 19.1 Å². The summed E-state index contributed by atoms with van der Waals surface area (Å²) in [6, 6.07) is 8.30. The van der Waals surface area contributed by atoms with Crippen LogP contribution in [0.15, 0.2) is 18.2 Å². The lowest BCUT2D eigenvalue weighted by Crippen LogP contribution is -2.16. The van der Waals surface area contributed by atoms with Gasteiger partial charge in [0.1, 0.15) is 6.07 Å². The SMILES string of the molecule is Cc1ccc(NCCC2CCC(C)CC2)c(C#N)c1. The van der Waals surface area contributed by atoms with E-state index < -0.39 is 0 Å². The highest BCUT2D eigenvalue weighted by molar-refractivity contribution is 5.58. The topological polar surface area (TPSA) is 35.8 Å². The summed E-state index contributed by atoms with van der Waals surface area (Å²) < 4.78 is 0. The molecule has 1 aliphatic rings. The lowest BCUT2D eigenvalue weighted by atomic mass is 9.81. The van der Waals surface area contributed by atoms with Gasteiger partial charge in [0, 0.05) is 6.54 Å². The molecular formula is C17H24N2. The lowest BCUT2D eigenvalue weighted by Gasteiger charge is -2.26.